The van der Waals surface area contributed by atoms with E-state index in [1.54, 1.807) is 25.3 Å². The molecule has 0 saturated carbocycles. The monoisotopic (exact) mass is 182 g/mol. The van der Waals surface area contributed by atoms with E-state index in [0.717, 1.165) is 0 Å². The molecule has 1 aromatic rings. The number of carbonyl (C=O) groups is 1. The summed E-state index contributed by atoms with van der Waals surface area (Å²) < 4.78 is 12.0. The molecule has 0 aliphatic carbocycles. The van der Waals surface area contributed by atoms with E-state index in [4.69, 9.17) is 0 Å². The van der Waals surface area contributed by atoms with Crippen molar-refractivity contribution in [2.75, 3.05) is 6.67 Å². The summed E-state index contributed by atoms with van der Waals surface area (Å²) in [6, 6.07) is 2.84. The zero-order valence-electron chi connectivity index (χ0n) is 7.33. The lowest BCUT2D eigenvalue weighted by Gasteiger charge is -2.08. The molecule has 13 heavy (non-hydrogen) atoms. The van der Waals surface area contributed by atoms with Crippen LogP contribution in [-0.4, -0.2) is 23.6 Å². The first-order valence-corrected chi connectivity index (χ1v) is 4.01. The number of pyridine rings is 1. The third-order valence-electron chi connectivity index (χ3n) is 1.53. The van der Waals surface area contributed by atoms with Gasteiger partial charge in [0, 0.05) is 12.4 Å². The minimum Gasteiger partial charge on any atom is -0.347 e. The SMILES string of the molecule is CC(CF)NC(=O)c1cccnc1. The number of hydrogen-bond donors (Lipinski definition) is 1. The molecule has 0 spiro atoms. The summed E-state index contributed by atoms with van der Waals surface area (Å²) >= 11 is 0. The normalized spacial score (nSPS) is 12.2. The first-order chi connectivity index (χ1) is 6.24. The molecule has 1 atom stereocenters. The molecule has 0 aliphatic rings. The predicted molar refractivity (Wildman–Crippen MR) is 47.1 cm³/mol. The minimum absolute atomic E-state index is 0.293. The molecule has 1 aromatic heterocycles. The van der Waals surface area contributed by atoms with Crippen molar-refractivity contribution < 1.29 is 9.18 Å². The number of nitrogens with zero attached hydrogens (tertiary/aromatic N) is 1. The Morgan fingerprint density at radius 3 is 3.08 bits per heavy atom. The lowest BCUT2D eigenvalue weighted by atomic mass is 10.2. The van der Waals surface area contributed by atoms with E-state index in [-0.39, 0.29) is 5.91 Å². The quantitative estimate of drug-likeness (QED) is 0.762. The molecule has 70 valence electrons. The maximum Gasteiger partial charge on any atom is 0.253 e. The van der Waals surface area contributed by atoms with Crippen molar-refractivity contribution in [2.24, 2.45) is 0 Å². The molecular formula is C9H11FN2O. The summed E-state index contributed by atoms with van der Waals surface area (Å²) in [5, 5.41) is 2.49. The largest absolute Gasteiger partial charge is 0.347 e. The molecule has 4 heteroatoms. The average Bonchev–Trinajstić information content (AvgIpc) is 2.19. The fourth-order valence-electron chi connectivity index (χ4n) is 0.843. The lowest BCUT2D eigenvalue weighted by molar-refractivity contribution is 0.0934. The zero-order valence-corrected chi connectivity index (χ0v) is 7.33. The van der Waals surface area contributed by atoms with Crippen LogP contribution in [0.25, 0.3) is 0 Å². The van der Waals surface area contributed by atoms with E-state index < -0.39 is 12.7 Å². The molecule has 1 amide bonds. The number of halogens is 1. The van der Waals surface area contributed by atoms with Crippen LogP contribution in [0.3, 0.4) is 0 Å². The highest BCUT2D eigenvalue weighted by molar-refractivity contribution is 5.93. The standard InChI is InChI=1S/C9H11FN2O/c1-7(5-10)12-9(13)8-3-2-4-11-6-8/h2-4,6-7H,5H2,1H3,(H,12,13). The van der Waals surface area contributed by atoms with Gasteiger partial charge in [-0.3, -0.25) is 9.78 Å². The van der Waals surface area contributed by atoms with E-state index >= 15 is 0 Å². The van der Waals surface area contributed by atoms with E-state index in [1.807, 2.05) is 0 Å². The summed E-state index contributed by atoms with van der Waals surface area (Å²) in [6.07, 6.45) is 3.02. The van der Waals surface area contributed by atoms with Gasteiger partial charge in [0.1, 0.15) is 6.67 Å². The Labute approximate surface area is 76.0 Å². The molecule has 0 aliphatic heterocycles. The van der Waals surface area contributed by atoms with Crippen LogP contribution in [0, 0.1) is 0 Å². The number of alkyl halides is 1. The van der Waals surface area contributed by atoms with Gasteiger partial charge in [-0.25, -0.2) is 4.39 Å². The molecular weight excluding hydrogens is 171 g/mol. The van der Waals surface area contributed by atoms with Gasteiger partial charge in [0.25, 0.3) is 5.91 Å². The van der Waals surface area contributed by atoms with Crippen molar-refractivity contribution in [1.82, 2.24) is 10.3 Å². The lowest BCUT2D eigenvalue weighted by Crippen LogP contribution is -2.33. The van der Waals surface area contributed by atoms with Crippen LogP contribution in [0.1, 0.15) is 17.3 Å². The average molecular weight is 182 g/mol. The van der Waals surface area contributed by atoms with Gasteiger partial charge in [0.2, 0.25) is 0 Å². The van der Waals surface area contributed by atoms with E-state index in [2.05, 4.69) is 10.3 Å². The third-order valence-corrected chi connectivity index (χ3v) is 1.53. The summed E-state index contributed by atoms with van der Waals surface area (Å²) in [6.45, 7) is 1.04. The van der Waals surface area contributed by atoms with Crippen LogP contribution in [0.5, 0.6) is 0 Å². The van der Waals surface area contributed by atoms with Gasteiger partial charge < -0.3 is 5.32 Å². The van der Waals surface area contributed by atoms with Crippen LogP contribution >= 0.6 is 0 Å². The highest BCUT2D eigenvalue weighted by atomic mass is 19.1. The fourth-order valence-corrected chi connectivity index (χ4v) is 0.843. The first kappa shape index (κ1) is 9.64. The smallest absolute Gasteiger partial charge is 0.253 e. The Balaban J connectivity index is 2.59. The molecule has 3 nitrogen and oxygen atoms in total. The number of nitrogens with one attached hydrogen (secondary N) is 1. The number of amides is 1. The van der Waals surface area contributed by atoms with Crippen molar-refractivity contribution in [1.29, 1.82) is 0 Å². The Kier molecular flexibility index (Phi) is 3.37. The summed E-state index contributed by atoms with van der Waals surface area (Å²) in [4.78, 5) is 15.1. The van der Waals surface area contributed by atoms with Gasteiger partial charge >= 0.3 is 0 Å². The van der Waals surface area contributed by atoms with Crippen molar-refractivity contribution in [3.05, 3.63) is 30.1 Å². The number of rotatable bonds is 3. The molecule has 0 aromatic carbocycles. The number of aromatic nitrogens is 1. The molecule has 1 unspecified atom stereocenters. The highest BCUT2D eigenvalue weighted by Crippen LogP contribution is 1.96. The Morgan fingerprint density at radius 2 is 2.54 bits per heavy atom. The second kappa shape index (κ2) is 4.54. The van der Waals surface area contributed by atoms with Crippen LogP contribution in [0.15, 0.2) is 24.5 Å². The molecule has 1 rings (SSSR count). The van der Waals surface area contributed by atoms with Gasteiger partial charge in [-0.1, -0.05) is 0 Å². The van der Waals surface area contributed by atoms with Crippen molar-refractivity contribution in [3.63, 3.8) is 0 Å². The molecule has 0 radical (unpaired) electrons. The molecule has 1 heterocycles. The van der Waals surface area contributed by atoms with E-state index in [0.29, 0.717) is 5.56 Å². The maximum atomic E-state index is 12.0. The van der Waals surface area contributed by atoms with Gasteiger partial charge in [-0.15, -0.1) is 0 Å². The van der Waals surface area contributed by atoms with Gasteiger partial charge in [-0.2, -0.15) is 0 Å². The zero-order chi connectivity index (χ0) is 9.68. The first-order valence-electron chi connectivity index (χ1n) is 4.01. The van der Waals surface area contributed by atoms with Crippen LogP contribution in [0.2, 0.25) is 0 Å². The molecule has 0 saturated heterocycles. The second-order valence-corrected chi connectivity index (χ2v) is 2.77. The topological polar surface area (TPSA) is 42.0 Å². The summed E-state index contributed by atoms with van der Waals surface area (Å²) in [7, 11) is 0. The molecule has 1 N–H and O–H groups in total. The third kappa shape index (κ3) is 2.82. The Morgan fingerprint density at radius 1 is 1.77 bits per heavy atom. The van der Waals surface area contributed by atoms with Gasteiger partial charge in [0.15, 0.2) is 0 Å². The second-order valence-electron chi connectivity index (χ2n) is 2.77. The predicted octanol–water partition coefficient (Wildman–Crippen LogP) is 1.17. The van der Waals surface area contributed by atoms with Crippen molar-refractivity contribution in [3.8, 4) is 0 Å². The number of carbonyl (C=O) groups excluding carboxylic acids is 1. The van der Waals surface area contributed by atoms with Crippen LogP contribution < -0.4 is 5.32 Å². The van der Waals surface area contributed by atoms with E-state index in [9.17, 15) is 9.18 Å². The summed E-state index contributed by atoms with van der Waals surface area (Å²) in [5.74, 6) is -0.293. The van der Waals surface area contributed by atoms with Crippen LogP contribution in [0.4, 0.5) is 4.39 Å². The Bertz CT molecular complexity index is 276. The Hall–Kier alpha value is -1.45. The van der Waals surface area contributed by atoms with E-state index in [1.165, 1.54) is 6.20 Å². The maximum absolute atomic E-state index is 12.0. The van der Waals surface area contributed by atoms with Gasteiger partial charge in [-0.05, 0) is 19.1 Å². The molecule has 0 fully saturated rings. The summed E-state index contributed by atoms with van der Waals surface area (Å²) in [5.41, 5.74) is 0.447. The van der Waals surface area contributed by atoms with Crippen LogP contribution in [-0.2, 0) is 0 Å². The molecule has 0 bridgehead atoms. The van der Waals surface area contributed by atoms with Crippen molar-refractivity contribution >= 4 is 5.91 Å². The highest BCUT2D eigenvalue weighted by Gasteiger charge is 2.08. The minimum atomic E-state index is -0.563. The van der Waals surface area contributed by atoms with Crippen molar-refractivity contribution in [2.45, 2.75) is 13.0 Å². The fraction of sp³-hybridized carbons (Fsp3) is 0.333. The van der Waals surface area contributed by atoms with Gasteiger partial charge in [0.05, 0.1) is 11.6 Å². The number of hydrogen-bond acceptors (Lipinski definition) is 2.